The number of aliphatic hydroxyl groups is 1. The SMILES string of the molecule is CCN(CC)[C@@H](C)CC1(C(=O)[C@H]2CCCNC2)C=C(O)C(c2cccc(F)c2C)=C(C(=O)c2cccc(O)c2)C1. The Morgan fingerprint density at radius 1 is 1.15 bits per heavy atom. The Morgan fingerprint density at radius 3 is 2.52 bits per heavy atom. The first-order valence-corrected chi connectivity index (χ1v) is 14.4. The van der Waals surface area contributed by atoms with Crippen molar-refractivity contribution in [3.63, 3.8) is 0 Å². The number of phenolic OH excluding ortho intramolecular Hbond substituents is 1. The van der Waals surface area contributed by atoms with E-state index in [1.807, 2.05) is 0 Å². The first-order valence-electron chi connectivity index (χ1n) is 14.4. The third kappa shape index (κ3) is 5.91. The zero-order valence-electron chi connectivity index (χ0n) is 24.0. The number of halogens is 1. The normalized spacial score (nSPS) is 22.2. The predicted molar refractivity (Wildman–Crippen MR) is 156 cm³/mol. The molecule has 0 aromatic heterocycles. The molecule has 0 amide bonds. The van der Waals surface area contributed by atoms with E-state index in [9.17, 15) is 24.2 Å². The van der Waals surface area contributed by atoms with Crippen LogP contribution < -0.4 is 5.32 Å². The average Bonchev–Trinajstić information content (AvgIpc) is 2.95. The summed E-state index contributed by atoms with van der Waals surface area (Å²) in [6.45, 7) is 10.9. The molecule has 214 valence electrons. The number of hydrogen-bond acceptors (Lipinski definition) is 6. The summed E-state index contributed by atoms with van der Waals surface area (Å²) in [5.74, 6) is -1.32. The van der Waals surface area contributed by atoms with Crippen LogP contribution in [0.4, 0.5) is 4.39 Å². The number of piperidine rings is 1. The van der Waals surface area contributed by atoms with E-state index in [0.29, 0.717) is 24.1 Å². The Bertz CT molecular complexity index is 1320. The van der Waals surface area contributed by atoms with Gasteiger partial charge in [-0.1, -0.05) is 38.1 Å². The van der Waals surface area contributed by atoms with E-state index in [0.717, 1.165) is 32.5 Å². The molecular formula is C33H41FN2O4. The number of hydrogen-bond donors (Lipinski definition) is 3. The molecule has 4 rings (SSSR count). The van der Waals surface area contributed by atoms with E-state index >= 15 is 0 Å². The van der Waals surface area contributed by atoms with Gasteiger partial charge < -0.3 is 20.4 Å². The number of nitrogens with zero attached hydrogens (tertiary/aromatic N) is 1. The number of nitrogens with one attached hydrogen (secondary N) is 1. The summed E-state index contributed by atoms with van der Waals surface area (Å²) in [6, 6.07) is 10.6. The second-order valence-electron chi connectivity index (χ2n) is 11.2. The van der Waals surface area contributed by atoms with Crippen molar-refractivity contribution in [1.82, 2.24) is 10.2 Å². The zero-order valence-corrected chi connectivity index (χ0v) is 24.0. The van der Waals surface area contributed by atoms with E-state index in [-0.39, 0.29) is 52.4 Å². The van der Waals surface area contributed by atoms with E-state index in [1.54, 1.807) is 37.3 Å². The molecule has 1 unspecified atom stereocenters. The van der Waals surface area contributed by atoms with Crippen molar-refractivity contribution < 1.29 is 24.2 Å². The van der Waals surface area contributed by atoms with Gasteiger partial charge in [0, 0.05) is 35.2 Å². The van der Waals surface area contributed by atoms with Crippen LogP contribution in [0.15, 0.2) is 59.9 Å². The molecule has 1 aliphatic heterocycles. The topological polar surface area (TPSA) is 89.9 Å². The van der Waals surface area contributed by atoms with Gasteiger partial charge in [0.05, 0.1) is 5.41 Å². The molecule has 0 spiro atoms. The van der Waals surface area contributed by atoms with Crippen molar-refractivity contribution in [2.24, 2.45) is 11.3 Å². The number of aromatic hydroxyl groups is 1. The van der Waals surface area contributed by atoms with Crippen molar-refractivity contribution in [2.75, 3.05) is 26.2 Å². The van der Waals surface area contributed by atoms with E-state index < -0.39 is 17.0 Å². The maximum Gasteiger partial charge on any atom is 0.189 e. The smallest absolute Gasteiger partial charge is 0.189 e. The first kappa shape index (κ1) is 29.7. The van der Waals surface area contributed by atoms with Crippen LogP contribution in [-0.2, 0) is 4.79 Å². The second kappa shape index (κ2) is 12.5. The minimum absolute atomic E-state index is 0.00845. The zero-order chi connectivity index (χ0) is 29.0. The predicted octanol–water partition coefficient (Wildman–Crippen LogP) is 6.00. The van der Waals surface area contributed by atoms with Crippen LogP contribution in [0.1, 0.15) is 67.9 Å². The van der Waals surface area contributed by atoms with Crippen LogP contribution in [0, 0.1) is 24.1 Å². The van der Waals surface area contributed by atoms with Crippen molar-refractivity contribution in [2.45, 2.75) is 59.4 Å². The molecule has 3 atom stereocenters. The summed E-state index contributed by atoms with van der Waals surface area (Å²) in [6.07, 6.45) is 3.78. The van der Waals surface area contributed by atoms with Gasteiger partial charge in [-0.15, -0.1) is 0 Å². The summed E-state index contributed by atoms with van der Waals surface area (Å²) in [5.41, 5.74) is 0.338. The maximum atomic E-state index is 14.7. The third-order valence-electron chi connectivity index (χ3n) is 8.64. The number of Topliss-reactive ketones (excluding diaryl/α,β-unsaturated/α-hetero) is 2. The summed E-state index contributed by atoms with van der Waals surface area (Å²) in [5, 5.41) is 25.2. The minimum atomic E-state index is -1.12. The average molecular weight is 549 g/mol. The molecule has 7 heteroatoms. The monoisotopic (exact) mass is 548 g/mol. The van der Waals surface area contributed by atoms with Crippen LogP contribution in [0.3, 0.4) is 0 Å². The van der Waals surface area contributed by atoms with Gasteiger partial charge in [0.25, 0.3) is 0 Å². The molecule has 2 aromatic rings. The Balaban J connectivity index is 1.92. The lowest BCUT2D eigenvalue weighted by Crippen LogP contribution is -2.47. The second-order valence-corrected chi connectivity index (χ2v) is 11.2. The van der Waals surface area contributed by atoms with Gasteiger partial charge in [-0.25, -0.2) is 4.39 Å². The van der Waals surface area contributed by atoms with Crippen molar-refractivity contribution >= 4 is 17.1 Å². The Labute approximate surface area is 236 Å². The summed E-state index contributed by atoms with van der Waals surface area (Å²) < 4.78 is 14.7. The summed E-state index contributed by atoms with van der Waals surface area (Å²) in [7, 11) is 0. The standard InChI is InChI=1S/C33H41FN2O4/c1-5-36(6-2)21(3)17-33(32(40)24-11-9-15-35-20-24)18-27(31(39)23-10-7-12-25(37)16-23)30(29(38)19-33)26-13-8-14-28(34)22(26)4/h7-8,10,12-14,16,19,21,24,35,37-38H,5-6,9,11,15,17-18,20H2,1-4H3/t21-,24-,33?/m0/s1. The quantitative estimate of drug-likeness (QED) is 0.316. The number of allylic oxidation sites excluding steroid dienone is 3. The van der Waals surface area contributed by atoms with Gasteiger partial charge in [-0.3, -0.25) is 9.59 Å². The number of aliphatic hydroxyl groups excluding tert-OH is 1. The molecule has 0 radical (unpaired) electrons. The van der Waals surface area contributed by atoms with E-state index in [1.165, 1.54) is 18.2 Å². The highest BCUT2D eigenvalue weighted by atomic mass is 19.1. The molecule has 0 bridgehead atoms. The van der Waals surface area contributed by atoms with Gasteiger partial charge in [-0.2, -0.15) is 0 Å². The Morgan fingerprint density at radius 2 is 1.88 bits per heavy atom. The first-order chi connectivity index (χ1) is 19.1. The van der Waals surface area contributed by atoms with Crippen molar-refractivity contribution in [3.8, 4) is 5.75 Å². The number of rotatable bonds is 10. The molecule has 3 N–H and O–H groups in total. The van der Waals surface area contributed by atoms with Crippen LogP contribution in [-0.4, -0.2) is 58.9 Å². The Kier molecular flexibility index (Phi) is 9.26. The van der Waals surface area contributed by atoms with Gasteiger partial charge in [0.15, 0.2) is 5.78 Å². The van der Waals surface area contributed by atoms with Crippen LogP contribution in [0.2, 0.25) is 0 Å². The lowest BCUT2D eigenvalue weighted by molar-refractivity contribution is -0.132. The molecule has 6 nitrogen and oxygen atoms in total. The van der Waals surface area contributed by atoms with Gasteiger partial charge in [0.2, 0.25) is 0 Å². The van der Waals surface area contributed by atoms with E-state index in [4.69, 9.17) is 0 Å². The number of phenols is 1. The Hall–Kier alpha value is -3.29. The fraction of sp³-hybridized carbons (Fsp3) is 0.455. The molecule has 2 aromatic carbocycles. The highest BCUT2D eigenvalue weighted by Crippen LogP contribution is 2.48. The molecule has 2 aliphatic rings. The van der Waals surface area contributed by atoms with Crippen molar-refractivity contribution in [3.05, 3.63) is 82.4 Å². The molecule has 1 saturated heterocycles. The fourth-order valence-corrected chi connectivity index (χ4v) is 6.51. The highest BCUT2D eigenvalue weighted by Gasteiger charge is 2.47. The lowest BCUT2D eigenvalue weighted by atomic mass is 9.64. The minimum Gasteiger partial charge on any atom is -0.508 e. The molecular weight excluding hydrogens is 507 g/mol. The van der Waals surface area contributed by atoms with Crippen molar-refractivity contribution in [1.29, 1.82) is 0 Å². The molecule has 0 saturated carbocycles. The van der Waals surface area contributed by atoms with Crippen LogP contribution >= 0.6 is 0 Å². The fourth-order valence-electron chi connectivity index (χ4n) is 6.51. The number of carbonyl (C=O) groups excluding carboxylic acids is 2. The highest BCUT2D eigenvalue weighted by molar-refractivity contribution is 6.16. The van der Waals surface area contributed by atoms with E-state index in [2.05, 4.69) is 31.0 Å². The summed E-state index contributed by atoms with van der Waals surface area (Å²) >= 11 is 0. The summed E-state index contributed by atoms with van der Waals surface area (Å²) in [4.78, 5) is 30.9. The third-order valence-corrected chi connectivity index (χ3v) is 8.64. The number of carbonyl (C=O) groups is 2. The molecule has 1 aliphatic carbocycles. The lowest BCUT2D eigenvalue weighted by Gasteiger charge is -2.41. The maximum absolute atomic E-state index is 14.7. The van der Waals surface area contributed by atoms with Gasteiger partial charge in [-0.05, 0) is 94.6 Å². The molecule has 40 heavy (non-hydrogen) atoms. The molecule has 1 heterocycles. The van der Waals surface area contributed by atoms with Gasteiger partial charge >= 0.3 is 0 Å². The number of benzene rings is 2. The van der Waals surface area contributed by atoms with Gasteiger partial charge in [0.1, 0.15) is 23.1 Å². The van der Waals surface area contributed by atoms with Crippen LogP contribution in [0.25, 0.3) is 5.57 Å². The molecule has 1 fully saturated rings. The van der Waals surface area contributed by atoms with Crippen LogP contribution in [0.5, 0.6) is 5.75 Å². The largest absolute Gasteiger partial charge is 0.508 e. The number of ketones is 2.